The average molecular weight is 244 g/mol. The first kappa shape index (κ1) is 15.2. The number of nitrogens with two attached hydrogens (primary N) is 1. The summed E-state index contributed by atoms with van der Waals surface area (Å²) < 4.78 is 48.4. The van der Waals surface area contributed by atoms with Crippen molar-refractivity contribution in [2.45, 2.75) is 38.7 Å². The Morgan fingerprint density at radius 1 is 1.44 bits per heavy atom. The van der Waals surface area contributed by atoms with E-state index in [9.17, 15) is 22.4 Å². The molecule has 0 aliphatic rings. The van der Waals surface area contributed by atoms with Crippen LogP contribution in [-0.2, 0) is 4.79 Å². The number of carbonyl (C=O) groups is 1. The molecule has 2 atom stereocenters. The molecule has 0 spiro atoms. The molecule has 0 aromatic carbocycles. The summed E-state index contributed by atoms with van der Waals surface area (Å²) in [5, 5.41) is 1.73. The van der Waals surface area contributed by atoms with Gasteiger partial charge >= 0.3 is 12.3 Å². The van der Waals surface area contributed by atoms with Crippen LogP contribution in [0.25, 0.3) is 0 Å². The van der Waals surface area contributed by atoms with Gasteiger partial charge in [-0.3, -0.25) is 4.79 Å². The molecule has 7 heteroatoms. The van der Waals surface area contributed by atoms with Crippen molar-refractivity contribution in [1.82, 2.24) is 5.32 Å². The van der Waals surface area contributed by atoms with E-state index in [-0.39, 0.29) is 5.92 Å². The maximum absolute atomic E-state index is 12.4. The SMILES string of the molecule is CCC(C)[C@H](N)C(=O)NCC(F)(F)C(F)F. The monoisotopic (exact) mass is 244 g/mol. The van der Waals surface area contributed by atoms with Crippen LogP contribution < -0.4 is 11.1 Å². The summed E-state index contributed by atoms with van der Waals surface area (Å²) in [6, 6.07) is -0.960. The first-order valence-electron chi connectivity index (χ1n) is 4.91. The van der Waals surface area contributed by atoms with Crippen molar-refractivity contribution in [3.63, 3.8) is 0 Å². The second-order valence-electron chi connectivity index (χ2n) is 3.69. The van der Waals surface area contributed by atoms with Crippen molar-refractivity contribution >= 4 is 5.91 Å². The third-order valence-corrected chi connectivity index (χ3v) is 2.38. The first-order valence-corrected chi connectivity index (χ1v) is 4.91. The largest absolute Gasteiger partial charge is 0.348 e. The van der Waals surface area contributed by atoms with Crippen molar-refractivity contribution in [3.05, 3.63) is 0 Å². The summed E-state index contributed by atoms with van der Waals surface area (Å²) in [6.07, 6.45) is -3.20. The molecule has 16 heavy (non-hydrogen) atoms. The normalized spacial score (nSPS) is 16.0. The molecule has 0 saturated heterocycles. The number of amides is 1. The molecule has 0 aliphatic carbocycles. The Hall–Kier alpha value is -0.850. The Kier molecular flexibility index (Phi) is 5.71. The molecule has 0 heterocycles. The van der Waals surface area contributed by atoms with Crippen LogP contribution in [0.15, 0.2) is 0 Å². The predicted octanol–water partition coefficient (Wildman–Crippen LogP) is 1.38. The molecule has 3 nitrogen and oxygen atoms in total. The lowest BCUT2D eigenvalue weighted by atomic mass is 9.99. The predicted molar refractivity (Wildman–Crippen MR) is 51.4 cm³/mol. The van der Waals surface area contributed by atoms with E-state index < -0.39 is 30.8 Å². The first-order chi connectivity index (χ1) is 7.22. The maximum atomic E-state index is 12.4. The highest BCUT2D eigenvalue weighted by Crippen LogP contribution is 2.21. The number of nitrogens with one attached hydrogen (secondary N) is 1. The van der Waals surface area contributed by atoms with Gasteiger partial charge in [-0.1, -0.05) is 20.3 Å². The summed E-state index contributed by atoms with van der Waals surface area (Å²) in [5.41, 5.74) is 5.43. The Labute approximate surface area is 91.4 Å². The standard InChI is InChI=1S/C9H16F4N2O/c1-3-5(2)6(14)7(16)15-4-9(12,13)8(10)11/h5-6,8H,3-4,14H2,1-2H3,(H,15,16)/t5?,6-/m0/s1. The van der Waals surface area contributed by atoms with Crippen molar-refractivity contribution < 1.29 is 22.4 Å². The van der Waals surface area contributed by atoms with Crippen molar-refractivity contribution in [2.75, 3.05) is 6.54 Å². The van der Waals surface area contributed by atoms with Gasteiger partial charge in [0.2, 0.25) is 5.91 Å². The number of alkyl halides is 4. The molecule has 1 unspecified atom stereocenters. The molecule has 96 valence electrons. The van der Waals surface area contributed by atoms with Gasteiger partial charge in [-0.05, 0) is 5.92 Å². The van der Waals surface area contributed by atoms with Gasteiger partial charge in [0.1, 0.15) is 0 Å². The van der Waals surface area contributed by atoms with Crippen molar-refractivity contribution in [3.8, 4) is 0 Å². The van der Waals surface area contributed by atoms with Crippen LogP contribution in [0.4, 0.5) is 17.6 Å². The maximum Gasteiger partial charge on any atom is 0.324 e. The number of hydrogen-bond donors (Lipinski definition) is 2. The van der Waals surface area contributed by atoms with E-state index in [0.717, 1.165) is 0 Å². The minimum Gasteiger partial charge on any atom is -0.348 e. The number of hydrogen-bond acceptors (Lipinski definition) is 2. The molecule has 0 aromatic rings. The highest BCUT2D eigenvalue weighted by Gasteiger charge is 2.41. The number of rotatable bonds is 6. The van der Waals surface area contributed by atoms with E-state index in [1.54, 1.807) is 19.2 Å². The van der Waals surface area contributed by atoms with Crippen LogP contribution >= 0.6 is 0 Å². The smallest absolute Gasteiger partial charge is 0.324 e. The van der Waals surface area contributed by atoms with Crippen LogP contribution in [0.1, 0.15) is 20.3 Å². The molecule has 0 aromatic heterocycles. The van der Waals surface area contributed by atoms with E-state index in [0.29, 0.717) is 6.42 Å². The zero-order chi connectivity index (χ0) is 12.9. The molecule has 0 rings (SSSR count). The molecular weight excluding hydrogens is 228 g/mol. The molecule has 0 radical (unpaired) electrons. The zero-order valence-electron chi connectivity index (χ0n) is 9.14. The third kappa shape index (κ3) is 4.34. The number of carbonyl (C=O) groups excluding carboxylic acids is 1. The van der Waals surface area contributed by atoms with E-state index in [2.05, 4.69) is 0 Å². The minimum atomic E-state index is -4.22. The lowest BCUT2D eigenvalue weighted by molar-refractivity contribution is -0.137. The summed E-state index contributed by atoms with van der Waals surface area (Å²) >= 11 is 0. The van der Waals surface area contributed by atoms with E-state index in [1.807, 2.05) is 0 Å². The Bertz CT molecular complexity index is 236. The Morgan fingerprint density at radius 2 is 1.94 bits per heavy atom. The fourth-order valence-corrected chi connectivity index (χ4v) is 0.912. The lowest BCUT2D eigenvalue weighted by Gasteiger charge is -2.20. The second kappa shape index (κ2) is 6.03. The fraction of sp³-hybridized carbons (Fsp3) is 0.889. The quantitative estimate of drug-likeness (QED) is 0.693. The van der Waals surface area contributed by atoms with Gasteiger partial charge in [0.25, 0.3) is 0 Å². The van der Waals surface area contributed by atoms with E-state index in [4.69, 9.17) is 5.73 Å². The Morgan fingerprint density at radius 3 is 2.31 bits per heavy atom. The molecule has 0 aliphatic heterocycles. The summed E-state index contributed by atoms with van der Waals surface area (Å²) in [7, 11) is 0. The van der Waals surface area contributed by atoms with Gasteiger partial charge < -0.3 is 11.1 Å². The summed E-state index contributed by atoms with van der Waals surface area (Å²) in [5.74, 6) is -5.25. The van der Waals surface area contributed by atoms with Crippen molar-refractivity contribution in [1.29, 1.82) is 0 Å². The third-order valence-electron chi connectivity index (χ3n) is 2.38. The molecule has 1 amide bonds. The molecule has 0 bridgehead atoms. The van der Waals surface area contributed by atoms with Gasteiger partial charge in [-0.25, -0.2) is 8.78 Å². The topological polar surface area (TPSA) is 55.1 Å². The van der Waals surface area contributed by atoms with Gasteiger partial charge in [-0.15, -0.1) is 0 Å². The highest BCUT2D eigenvalue weighted by molar-refractivity contribution is 5.81. The summed E-state index contributed by atoms with van der Waals surface area (Å²) in [6.45, 7) is 2.06. The molecule has 0 saturated carbocycles. The van der Waals surface area contributed by atoms with Crippen LogP contribution in [0.5, 0.6) is 0 Å². The van der Waals surface area contributed by atoms with Gasteiger partial charge in [0.05, 0.1) is 12.6 Å². The van der Waals surface area contributed by atoms with Crippen LogP contribution in [0, 0.1) is 5.92 Å². The average Bonchev–Trinajstić information content (AvgIpc) is 2.23. The fourth-order valence-electron chi connectivity index (χ4n) is 0.912. The molecular formula is C9H16F4N2O. The highest BCUT2D eigenvalue weighted by atomic mass is 19.3. The van der Waals surface area contributed by atoms with Gasteiger partial charge in [0, 0.05) is 0 Å². The Balaban J connectivity index is 4.17. The number of halogens is 4. The lowest BCUT2D eigenvalue weighted by Crippen LogP contribution is -2.49. The zero-order valence-corrected chi connectivity index (χ0v) is 9.14. The van der Waals surface area contributed by atoms with E-state index >= 15 is 0 Å². The van der Waals surface area contributed by atoms with Crippen LogP contribution in [0.2, 0.25) is 0 Å². The van der Waals surface area contributed by atoms with E-state index in [1.165, 1.54) is 0 Å². The molecule has 3 N–H and O–H groups in total. The van der Waals surface area contributed by atoms with Gasteiger partial charge in [-0.2, -0.15) is 8.78 Å². The van der Waals surface area contributed by atoms with Gasteiger partial charge in [0.15, 0.2) is 0 Å². The van der Waals surface area contributed by atoms with Crippen molar-refractivity contribution in [2.24, 2.45) is 11.7 Å². The summed E-state index contributed by atoms with van der Waals surface area (Å²) in [4.78, 5) is 11.2. The minimum absolute atomic E-state index is 0.194. The van der Waals surface area contributed by atoms with Crippen LogP contribution in [0.3, 0.4) is 0 Å². The van der Waals surface area contributed by atoms with Crippen LogP contribution in [-0.4, -0.2) is 30.8 Å². The molecule has 0 fully saturated rings. The second-order valence-corrected chi connectivity index (χ2v) is 3.69.